The topological polar surface area (TPSA) is 63.9 Å². The lowest BCUT2D eigenvalue weighted by molar-refractivity contribution is 0.0118. The van der Waals surface area contributed by atoms with Crippen LogP contribution >= 0.6 is 15.9 Å². The third-order valence-corrected chi connectivity index (χ3v) is 4.92. The zero-order chi connectivity index (χ0) is 17.6. The summed E-state index contributed by atoms with van der Waals surface area (Å²) in [7, 11) is 1.58. The summed E-state index contributed by atoms with van der Waals surface area (Å²) in [5.41, 5.74) is 0.541. The fraction of sp³-hybridized carbons (Fsp3) is 0.389. The zero-order valence-electron chi connectivity index (χ0n) is 14.0. The Morgan fingerprint density at radius 2 is 2.16 bits per heavy atom. The number of benzene rings is 1. The Kier molecular flexibility index (Phi) is 6.12. The molecular weight excluding hydrogens is 388 g/mol. The fourth-order valence-electron chi connectivity index (χ4n) is 2.87. The largest absolute Gasteiger partial charge is 0.497 e. The van der Waals surface area contributed by atoms with E-state index >= 15 is 0 Å². The standard InChI is InChI=1S/C18H21BrN2O4/c1-23-13-4-5-15(19)14(11-13)18(22)20-12-16(17-3-2-8-25-17)21-6-9-24-10-7-21/h2-5,8,11,16H,6-7,9-10,12H2,1H3,(H,20,22). The van der Waals surface area contributed by atoms with Crippen LogP contribution in [0.3, 0.4) is 0 Å². The van der Waals surface area contributed by atoms with Gasteiger partial charge in [0.2, 0.25) is 0 Å². The van der Waals surface area contributed by atoms with Crippen molar-refractivity contribution in [2.24, 2.45) is 0 Å². The van der Waals surface area contributed by atoms with E-state index in [0.717, 1.165) is 23.3 Å². The minimum absolute atomic E-state index is 0.0211. The van der Waals surface area contributed by atoms with Gasteiger partial charge in [-0.1, -0.05) is 0 Å². The van der Waals surface area contributed by atoms with Gasteiger partial charge in [0.1, 0.15) is 11.5 Å². The van der Waals surface area contributed by atoms with Gasteiger partial charge in [0, 0.05) is 24.1 Å². The highest BCUT2D eigenvalue weighted by Gasteiger charge is 2.25. The number of rotatable bonds is 6. The van der Waals surface area contributed by atoms with Crippen LogP contribution in [-0.2, 0) is 4.74 Å². The second kappa shape index (κ2) is 8.51. The number of ether oxygens (including phenoxy) is 2. The van der Waals surface area contributed by atoms with Crippen LogP contribution in [-0.4, -0.2) is 50.8 Å². The fourth-order valence-corrected chi connectivity index (χ4v) is 3.30. The molecule has 1 unspecified atom stereocenters. The molecule has 1 saturated heterocycles. The van der Waals surface area contributed by atoms with Crippen LogP contribution in [0.4, 0.5) is 0 Å². The maximum absolute atomic E-state index is 12.6. The normalized spacial score (nSPS) is 16.4. The van der Waals surface area contributed by atoms with Crippen molar-refractivity contribution in [1.82, 2.24) is 10.2 Å². The monoisotopic (exact) mass is 408 g/mol. The number of hydrogen-bond acceptors (Lipinski definition) is 5. The van der Waals surface area contributed by atoms with E-state index in [4.69, 9.17) is 13.9 Å². The molecule has 2 heterocycles. The van der Waals surface area contributed by atoms with Crippen LogP contribution in [0.2, 0.25) is 0 Å². The van der Waals surface area contributed by atoms with E-state index in [9.17, 15) is 4.79 Å². The van der Waals surface area contributed by atoms with Crippen LogP contribution in [0.1, 0.15) is 22.2 Å². The van der Waals surface area contributed by atoms with Gasteiger partial charge in [-0.2, -0.15) is 0 Å². The summed E-state index contributed by atoms with van der Waals surface area (Å²) in [6.07, 6.45) is 1.66. The SMILES string of the molecule is COc1ccc(Br)c(C(=O)NCC(c2ccco2)N2CCOCC2)c1. The molecule has 25 heavy (non-hydrogen) atoms. The second-order valence-corrected chi connectivity index (χ2v) is 6.59. The van der Waals surface area contributed by atoms with Gasteiger partial charge >= 0.3 is 0 Å². The van der Waals surface area contributed by atoms with Crippen molar-refractivity contribution >= 4 is 21.8 Å². The zero-order valence-corrected chi connectivity index (χ0v) is 15.6. The molecule has 1 aromatic carbocycles. The smallest absolute Gasteiger partial charge is 0.252 e. The van der Waals surface area contributed by atoms with Crippen LogP contribution in [0.5, 0.6) is 5.75 Å². The predicted molar refractivity (Wildman–Crippen MR) is 96.9 cm³/mol. The van der Waals surface area contributed by atoms with Crippen molar-refractivity contribution < 1.29 is 18.7 Å². The number of nitrogens with one attached hydrogen (secondary N) is 1. The third kappa shape index (κ3) is 4.42. The van der Waals surface area contributed by atoms with Gasteiger partial charge in [0.15, 0.2) is 0 Å². The summed E-state index contributed by atoms with van der Waals surface area (Å²) in [4.78, 5) is 14.9. The number of hydrogen-bond donors (Lipinski definition) is 1. The van der Waals surface area contributed by atoms with Gasteiger partial charge in [-0.25, -0.2) is 0 Å². The number of carbonyl (C=O) groups excluding carboxylic acids is 1. The number of nitrogens with zero attached hydrogens (tertiary/aromatic N) is 1. The molecule has 6 nitrogen and oxygen atoms in total. The molecule has 1 aromatic heterocycles. The lowest BCUT2D eigenvalue weighted by Crippen LogP contribution is -2.43. The Bertz CT molecular complexity index is 699. The third-order valence-electron chi connectivity index (χ3n) is 4.23. The lowest BCUT2D eigenvalue weighted by Gasteiger charge is -2.33. The number of morpholine rings is 1. The Labute approximate surface area is 155 Å². The van der Waals surface area contributed by atoms with Crippen molar-refractivity contribution in [3.05, 3.63) is 52.4 Å². The Hall–Kier alpha value is -1.83. The summed E-state index contributed by atoms with van der Waals surface area (Å²) in [5, 5.41) is 3.01. The highest BCUT2D eigenvalue weighted by atomic mass is 79.9. The molecule has 1 aliphatic rings. The lowest BCUT2D eigenvalue weighted by atomic mass is 10.1. The molecule has 2 aromatic rings. The van der Waals surface area contributed by atoms with Gasteiger partial charge in [-0.05, 0) is 46.3 Å². The van der Waals surface area contributed by atoms with E-state index in [-0.39, 0.29) is 11.9 Å². The van der Waals surface area contributed by atoms with Crippen molar-refractivity contribution in [2.45, 2.75) is 6.04 Å². The average molecular weight is 409 g/mol. The summed E-state index contributed by atoms with van der Waals surface area (Å²) in [6.45, 7) is 3.45. The molecule has 0 radical (unpaired) electrons. The van der Waals surface area contributed by atoms with Crippen LogP contribution in [0.25, 0.3) is 0 Å². The molecule has 1 aliphatic heterocycles. The molecule has 134 valence electrons. The van der Waals surface area contributed by atoms with E-state index in [1.807, 2.05) is 12.1 Å². The highest BCUT2D eigenvalue weighted by Crippen LogP contribution is 2.24. The van der Waals surface area contributed by atoms with Crippen LogP contribution < -0.4 is 10.1 Å². The number of furan rings is 1. The molecular formula is C18H21BrN2O4. The van der Waals surface area contributed by atoms with E-state index in [1.54, 1.807) is 31.6 Å². The van der Waals surface area contributed by atoms with Gasteiger partial charge in [0.05, 0.1) is 38.2 Å². The summed E-state index contributed by atoms with van der Waals surface area (Å²) >= 11 is 3.42. The maximum Gasteiger partial charge on any atom is 0.252 e. The van der Waals surface area contributed by atoms with E-state index in [0.29, 0.717) is 31.1 Å². The molecule has 0 saturated carbocycles. The first-order chi connectivity index (χ1) is 12.2. The van der Waals surface area contributed by atoms with Gasteiger partial charge in [0.25, 0.3) is 5.91 Å². The summed E-state index contributed by atoms with van der Waals surface area (Å²) < 4.78 is 16.9. The van der Waals surface area contributed by atoms with E-state index in [2.05, 4.69) is 26.1 Å². The molecule has 1 atom stereocenters. The Balaban J connectivity index is 1.71. The average Bonchev–Trinajstić information content (AvgIpc) is 3.17. The van der Waals surface area contributed by atoms with Gasteiger partial charge in [-0.3, -0.25) is 9.69 Å². The minimum Gasteiger partial charge on any atom is -0.497 e. The Morgan fingerprint density at radius 3 is 2.84 bits per heavy atom. The molecule has 0 aliphatic carbocycles. The maximum atomic E-state index is 12.6. The first-order valence-corrected chi connectivity index (χ1v) is 8.95. The molecule has 1 N–H and O–H groups in total. The molecule has 1 fully saturated rings. The second-order valence-electron chi connectivity index (χ2n) is 5.74. The minimum atomic E-state index is -0.157. The van der Waals surface area contributed by atoms with Crippen LogP contribution in [0, 0.1) is 0 Å². The molecule has 1 amide bonds. The summed E-state index contributed by atoms with van der Waals surface area (Å²) in [6, 6.07) is 9.11. The molecule has 7 heteroatoms. The van der Waals surface area contributed by atoms with Gasteiger partial charge < -0.3 is 19.2 Å². The van der Waals surface area contributed by atoms with Crippen molar-refractivity contribution in [3.8, 4) is 5.75 Å². The Morgan fingerprint density at radius 1 is 1.36 bits per heavy atom. The first kappa shape index (κ1) is 18.0. The quantitative estimate of drug-likeness (QED) is 0.795. The number of methoxy groups -OCH3 is 1. The predicted octanol–water partition coefficient (Wildman–Crippen LogP) is 2.85. The molecule has 3 rings (SSSR count). The number of carbonyl (C=O) groups is 1. The summed E-state index contributed by atoms with van der Waals surface area (Å²) in [5.74, 6) is 1.33. The number of amides is 1. The molecule has 0 spiro atoms. The first-order valence-electron chi connectivity index (χ1n) is 8.16. The number of halogens is 1. The van der Waals surface area contributed by atoms with Crippen molar-refractivity contribution in [2.75, 3.05) is 40.0 Å². The van der Waals surface area contributed by atoms with E-state index in [1.165, 1.54) is 0 Å². The van der Waals surface area contributed by atoms with E-state index < -0.39 is 0 Å². The van der Waals surface area contributed by atoms with Crippen LogP contribution in [0.15, 0.2) is 45.5 Å². The van der Waals surface area contributed by atoms with Crippen molar-refractivity contribution in [3.63, 3.8) is 0 Å². The molecule has 0 bridgehead atoms. The highest BCUT2D eigenvalue weighted by molar-refractivity contribution is 9.10. The van der Waals surface area contributed by atoms with Gasteiger partial charge in [-0.15, -0.1) is 0 Å². The van der Waals surface area contributed by atoms with Crippen molar-refractivity contribution in [1.29, 1.82) is 0 Å².